The Labute approximate surface area is 41.9 Å². The fourth-order valence-corrected chi connectivity index (χ4v) is 0.786. The van der Waals surface area contributed by atoms with Crippen molar-refractivity contribution in [3.63, 3.8) is 0 Å². The van der Waals surface area contributed by atoms with E-state index in [1.54, 1.807) is 11.8 Å². The monoisotopic (exact) mass is 97.0 g/mol. The molecule has 0 aromatic rings. The molecule has 0 saturated carbocycles. The van der Waals surface area contributed by atoms with Gasteiger partial charge < -0.3 is 0 Å². The van der Waals surface area contributed by atoms with Gasteiger partial charge in [-0.25, -0.2) is 0 Å². The topological polar surface area (TPSA) is 0 Å². The number of thioether (sulfide) groups is 1. The van der Waals surface area contributed by atoms with Crippen molar-refractivity contribution in [2.75, 3.05) is 0 Å². The van der Waals surface area contributed by atoms with Crippen LogP contribution in [0.25, 0.3) is 0 Å². The highest BCUT2D eigenvalue weighted by Gasteiger charge is 1.77. The van der Waals surface area contributed by atoms with Gasteiger partial charge in [-0.1, -0.05) is 6.08 Å². The van der Waals surface area contributed by atoms with E-state index in [-0.39, 0.29) is 0 Å². The molecule has 0 N–H and O–H groups in total. The van der Waals surface area contributed by atoms with Crippen LogP contribution in [0, 0.1) is 6.08 Å². The van der Waals surface area contributed by atoms with E-state index >= 15 is 0 Å². The van der Waals surface area contributed by atoms with Crippen LogP contribution in [0.3, 0.4) is 0 Å². The Hall–Kier alpha value is -0.170. The van der Waals surface area contributed by atoms with Gasteiger partial charge in [-0.3, -0.25) is 0 Å². The van der Waals surface area contributed by atoms with Gasteiger partial charge in [0.05, 0.1) is 0 Å². The molecule has 0 aliphatic carbocycles. The molecule has 1 radical (unpaired) electrons. The summed E-state index contributed by atoms with van der Waals surface area (Å²) in [4.78, 5) is 0. The third-order valence-corrected chi connectivity index (χ3v) is 1.21. The van der Waals surface area contributed by atoms with Crippen molar-refractivity contribution in [1.82, 2.24) is 0 Å². The predicted octanol–water partition coefficient (Wildman–Crippen LogP) is 1.95. The maximum Gasteiger partial charge on any atom is -0.00809 e. The number of allylic oxidation sites excluding steroid dienone is 2. The average Bonchev–Trinajstić information content (AvgIpc) is 1.72. The molecule has 1 aliphatic rings. The van der Waals surface area contributed by atoms with E-state index in [1.807, 2.05) is 5.41 Å². The van der Waals surface area contributed by atoms with Crippen LogP contribution in [0.5, 0.6) is 0 Å². The molecule has 0 nitrogen and oxygen atoms in total. The minimum Gasteiger partial charge on any atom is -0.106 e. The Balaban J connectivity index is 2.40. The van der Waals surface area contributed by atoms with Gasteiger partial charge in [0.25, 0.3) is 0 Å². The molecule has 0 unspecified atom stereocenters. The van der Waals surface area contributed by atoms with Gasteiger partial charge in [-0.15, -0.1) is 11.8 Å². The summed E-state index contributed by atoms with van der Waals surface area (Å²) >= 11 is 1.68. The second-order valence-electron chi connectivity index (χ2n) is 1.03. The summed E-state index contributed by atoms with van der Waals surface area (Å²) in [6, 6.07) is 0. The molecule has 1 aliphatic heterocycles. The Morgan fingerprint density at radius 2 is 2.67 bits per heavy atom. The summed E-state index contributed by atoms with van der Waals surface area (Å²) in [5.74, 6) is 0. The van der Waals surface area contributed by atoms with Crippen molar-refractivity contribution in [1.29, 1.82) is 0 Å². The Morgan fingerprint density at radius 1 is 1.67 bits per heavy atom. The van der Waals surface area contributed by atoms with Crippen LogP contribution in [-0.4, -0.2) is 0 Å². The highest BCUT2D eigenvalue weighted by molar-refractivity contribution is 8.04. The smallest absolute Gasteiger partial charge is 0.00809 e. The third-order valence-electron chi connectivity index (χ3n) is 0.562. The van der Waals surface area contributed by atoms with Gasteiger partial charge >= 0.3 is 0 Å². The zero-order chi connectivity index (χ0) is 4.24. The van der Waals surface area contributed by atoms with E-state index in [0.29, 0.717) is 0 Å². The van der Waals surface area contributed by atoms with Crippen molar-refractivity contribution in [3.8, 4) is 0 Å². The number of hydrogen-bond donors (Lipinski definition) is 0. The zero-order valence-corrected chi connectivity index (χ0v) is 4.16. The lowest BCUT2D eigenvalue weighted by Crippen LogP contribution is -1.60. The number of rotatable bonds is 0. The Morgan fingerprint density at radius 3 is 2.83 bits per heavy atom. The summed E-state index contributed by atoms with van der Waals surface area (Å²) in [6.45, 7) is 0. The van der Waals surface area contributed by atoms with E-state index in [0.717, 1.165) is 6.42 Å². The second kappa shape index (κ2) is 2.08. The first-order valence-corrected chi connectivity index (χ1v) is 2.80. The first-order chi connectivity index (χ1) is 3.00. The lowest BCUT2D eigenvalue weighted by molar-refractivity contribution is 1.36. The van der Waals surface area contributed by atoms with Crippen molar-refractivity contribution in [3.05, 3.63) is 23.0 Å². The van der Waals surface area contributed by atoms with E-state index in [1.165, 1.54) is 0 Å². The first-order valence-electron chi connectivity index (χ1n) is 1.86. The van der Waals surface area contributed by atoms with Crippen LogP contribution in [0.1, 0.15) is 6.42 Å². The fourth-order valence-electron chi connectivity index (χ4n) is 0.307. The maximum atomic E-state index is 3.04. The third kappa shape index (κ3) is 0.902. The SMILES string of the molecule is [C]1=CSC=CC1. The molecule has 0 saturated heterocycles. The van der Waals surface area contributed by atoms with Crippen molar-refractivity contribution >= 4 is 11.8 Å². The largest absolute Gasteiger partial charge is 0.106 e. The minimum atomic E-state index is 0.993. The van der Waals surface area contributed by atoms with Gasteiger partial charge in [-0.05, 0) is 23.3 Å². The van der Waals surface area contributed by atoms with Gasteiger partial charge in [0.2, 0.25) is 0 Å². The minimum absolute atomic E-state index is 0.993. The normalized spacial score (nSPS) is 18.7. The molecule has 1 rings (SSSR count). The average molecular weight is 97.2 g/mol. The van der Waals surface area contributed by atoms with Crippen molar-refractivity contribution in [2.45, 2.75) is 6.42 Å². The maximum absolute atomic E-state index is 3.04. The second-order valence-corrected chi connectivity index (χ2v) is 1.81. The van der Waals surface area contributed by atoms with E-state index < -0.39 is 0 Å². The van der Waals surface area contributed by atoms with Gasteiger partial charge in [0.1, 0.15) is 0 Å². The summed E-state index contributed by atoms with van der Waals surface area (Å²) in [6.07, 6.45) is 6.12. The standard InChI is InChI=1S/C5H5S/c1-2-4-6-5-3-1/h2,4-5H,1H2. The molecule has 0 atom stereocenters. The van der Waals surface area contributed by atoms with E-state index in [4.69, 9.17) is 0 Å². The Bertz CT molecular complexity index is 61.9. The lowest BCUT2D eigenvalue weighted by atomic mass is 10.4. The van der Waals surface area contributed by atoms with Crippen LogP contribution in [0.15, 0.2) is 16.9 Å². The molecule has 1 heteroatoms. The molecule has 0 aromatic carbocycles. The van der Waals surface area contributed by atoms with Gasteiger partial charge in [-0.2, -0.15) is 0 Å². The molecule has 31 valence electrons. The molecule has 1 heterocycles. The van der Waals surface area contributed by atoms with Gasteiger partial charge in [0, 0.05) is 0 Å². The lowest BCUT2D eigenvalue weighted by Gasteiger charge is -1.86. The van der Waals surface area contributed by atoms with Crippen molar-refractivity contribution < 1.29 is 0 Å². The quantitative estimate of drug-likeness (QED) is 0.445. The summed E-state index contributed by atoms with van der Waals surface area (Å²) in [5.41, 5.74) is 0. The molecule has 0 spiro atoms. The van der Waals surface area contributed by atoms with Crippen LogP contribution in [0.4, 0.5) is 0 Å². The highest BCUT2D eigenvalue weighted by atomic mass is 32.2. The highest BCUT2D eigenvalue weighted by Crippen LogP contribution is 2.09. The molecule has 0 amide bonds. The van der Waals surface area contributed by atoms with Crippen LogP contribution in [0.2, 0.25) is 0 Å². The molecule has 0 fully saturated rings. The summed E-state index contributed by atoms with van der Waals surface area (Å²) in [5, 5.41) is 4.04. The molecular weight excluding hydrogens is 92.1 g/mol. The summed E-state index contributed by atoms with van der Waals surface area (Å²) in [7, 11) is 0. The Kier molecular flexibility index (Phi) is 1.39. The molecular formula is C5H5S. The van der Waals surface area contributed by atoms with E-state index in [9.17, 15) is 0 Å². The first kappa shape index (κ1) is 4.00. The molecule has 0 aromatic heterocycles. The molecule has 0 bridgehead atoms. The van der Waals surface area contributed by atoms with E-state index in [2.05, 4.69) is 17.6 Å². The zero-order valence-electron chi connectivity index (χ0n) is 3.35. The van der Waals surface area contributed by atoms with Crippen LogP contribution >= 0.6 is 11.8 Å². The van der Waals surface area contributed by atoms with Gasteiger partial charge in [0.15, 0.2) is 0 Å². The number of hydrogen-bond acceptors (Lipinski definition) is 1. The van der Waals surface area contributed by atoms with Crippen LogP contribution < -0.4 is 0 Å². The van der Waals surface area contributed by atoms with Crippen LogP contribution in [-0.2, 0) is 0 Å². The predicted molar refractivity (Wildman–Crippen MR) is 29.2 cm³/mol. The molecule has 6 heavy (non-hydrogen) atoms. The van der Waals surface area contributed by atoms with Crippen molar-refractivity contribution in [2.24, 2.45) is 0 Å². The summed E-state index contributed by atoms with van der Waals surface area (Å²) < 4.78 is 0. The fraction of sp³-hybridized carbons (Fsp3) is 0.200.